The van der Waals surface area contributed by atoms with E-state index in [1.54, 1.807) is 7.11 Å². The average Bonchev–Trinajstić information content (AvgIpc) is 2.27. The molecule has 1 atom stereocenters. The molecule has 0 saturated carbocycles. The fourth-order valence-corrected chi connectivity index (χ4v) is 1.98. The maximum atomic E-state index is 10.1. The molecule has 1 rings (SSSR count). The van der Waals surface area contributed by atoms with E-state index in [1.807, 2.05) is 12.1 Å². The van der Waals surface area contributed by atoms with Crippen molar-refractivity contribution in [3.8, 4) is 5.75 Å². The zero-order valence-electron chi connectivity index (χ0n) is 11.0. The second-order valence-corrected chi connectivity index (χ2v) is 5.68. The van der Waals surface area contributed by atoms with Gasteiger partial charge in [-0.3, -0.25) is 0 Å². The molecule has 0 saturated heterocycles. The molecule has 0 radical (unpaired) electrons. The maximum absolute atomic E-state index is 10.1. The van der Waals surface area contributed by atoms with Crippen molar-refractivity contribution in [1.29, 1.82) is 0 Å². The first-order valence-electron chi connectivity index (χ1n) is 5.87. The van der Waals surface area contributed by atoms with Crippen molar-refractivity contribution >= 4 is 12.6 Å². The number of rotatable bonds is 4. The molecule has 17 heavy (non-hydrogen) atoms. The van der Waals surface area contributed by atoms with Gasteiger partial charge in [-0.1, -0.05) is 26.8 Å². The van der Waals surface area contributed by atoms with Gasteiger partial charge in [-0.15, -0.1) is 0 Å². The van der Waals surface area contributed by atoms with Crippen LogP contribution in [0.25, 0.3) is 0 Å². The number of hydrogen-bond acceptors (Lipinski definition) is 3. The Kier molecular flexibility index (Phi) is 4.90. The van der Waals surface area contributed by atoms with Crippen LogP contribution in [-0.2, 0) is 5.41 Å². The van der Waals surface area contributed by atoms with Crippen LogP contribution in [0.1, 0.15) is 44.4 Å². The molecule has 1 aromatic rings. The molecule has 2 nitrogen and oxygen atoms in total. The largest absolute Gasteiger partial charge is 0.496 e. The minimum atomic E-state index is -0.509. The Balaban J connectivity index is 3.15. The van der Waals surface area contributed by atoms with E-state index < -0.39 is 6.10 Å². The van der Waals surface area contributed by atoms with Gasteiger partial charge < -0.3 is 9.84 Å². The number of aliphatic hydroxyl groups excluding tert-OH is 1. The number of ether oxygens (including phenoxy) is 1. The summed E-state index contributed by atoms with van der Waals surface area (Å²) in [7, 11) is 1.63. The first-order valence-corrected chi connectivity index (χ1v) is 6.50. The smallest absolute Gasteiger partial charge is 0.124 e. The molecule has 0 aliphatic carbocycles. The third-order valence-electron chi connectivity index (χ3n) is 2.86. The average molecular weight is 254 g/mol. The number of hydrogen-bond donors (Lipinski definition) is 2. The summed E-state index contributed by atoms with van der Waals surface area (Å²) in [5, 5.41) is 10.1. The summed E-state index contributed by atoms with van der Waals surface area (Å²) in [6.45, 7) is 6.47. The van der Waals surface area contributed by atoms with Gasteiger partial charge in [-0.2, -0.15) is 12.6 Å². The van der Waals surface area contributed by atoms with Gasteiger partial charge in [0, 0.05) is 5.56 Å². The highest BCUT2D eigenvalue weighted by atomic mass is 32.1. The third kappa shape index (κ3) is 3.65. The number of benzene rings is 1. The third-order valence-corrected chi connectivity index (χ3v) is 3.12. The van der Waals surface area contributed by atoms with E-state index in [4.69, 9.17) is 4.74 Å². The molecule has 96 valence electrons. The Hall–Kier alpha value is -0.670. The Morgan fingerprint density at radius 1 is 1.35 bits per heavy atom. The van der Waals surface area contributed by atoms with Crippen molar-refractivity contribution in [2.24, 2.45) is 0 Å². The van der Waals surface area contributed by atoms with Crippen LogP contribution < -0.4 is 4.74 Å². The molecule has 1 N–H and O–H groups in total. The molecular weight excluding hydrogens is 232 g/mol. The quantitative estimate of drug-likeness (QED) is 0.807. The van der Waals surface area contributed by atoms with Crippen molar-refractivity contribution in [1.82, 2.24) is 0 Å². The first-order chi connectivity index (χ1) is 7.90. The summed E-state index contributed by atoms with van der Waals surface area (Å²) >= 11 is 4.16. The first kappa shape index (κ1) is 14.4. The molecule has 0 heterocycles. The number of thiol groups is 1. The van der Waals surface area contributed by atoms with Crippen molar-refractivity contribution in [3.63, 3.8) is 0 Å². The fraction of sp³-hybridized carbons (Fsp3) is 0.571. The van der Waals surface area contributed by atoms with E-state index in [9.17, 15) is 5.11 Å². The SMILES string of the molecule is COc1ccc(C(C)(C)C)cc1C(O)CCS. The lowest BCUT2D eigenvalue weighted by Crippen LogP contribution is -2.12. The van der Waals surface area contributed by atoms with E-state index in [2.05, 4.69) is 39.5 Å². The Labute approximate surface area is 109 Å². The predicted octanol–water partition coefficient (Wildman–Crippen LogP) is 3.35. The Morgan fingerprint density at radius 3 is 2.47 bits per heavy atom. The summed E-state index contributed by atoms with van der Waals surface area (Å²) in [4.78, 5) is 0. The van der Waals surface area contributed by atoms with E-state index in [1.165, 1.54) is 5.56 Å². The van der Waals surface area contributed by atoms with Crippen LogP contribution >= 0.6 is 12.6 Å². The summed E-state index contributed by atoms with van der Waals surface area (Å²) in [5.74, 6) is 1.40. The highest BCUT2D eigenvalue weighted by Crippen LogP contribution is 2.32. The summed E-state index contributed by atoms with van der Waals surface area (Å²) in [6.07, 6.45) is 0.123. The van der Waals surface area contributed by atoms with E-state index in [0.717, 1.165) is 11.3 Å². The standard InChI is InChI=1S/C14H22O2S/c1-14(2,3)10-5-6-13(16-4)11(9-10)12(15)7-8-17/h5-6,9,12,15,17H,7-8H2,1-4H3. The molecule has 3 heteroatoms. The normalized spacial score (nSPS) is 13.5. The highest BCUT2D eigenvalue weighted by molar-refractivity contribution is 7.80. The zero-order valence-corrected chi connectivity index (χ0v) is 11.9. The number of aliphatic hydroxyl groups is 1. The topological polar surface area (TPSA) is 29.5 Å². The van der Waals surface area contributed by atoms with Crippen LogP contribution in [0.4, 0.5) is 0 Å². The minimum absolute atomic E-state index is 0.0711. The van der Waals surface area contributed by atoms with Gasteiger partial charge >= 0.3 is 0 Å². The van der Waals surface area contributed by atoms with Gasteiger partial charge in [0.05, 0.1) is 13.2 Å². The Bertz CT molecular complexity index is 369. The fourth-order valence-electron chi connectivity index (χ4n) is 1.74. The zero-order chi connectivity index (χ0) is 13.1. The lowest BCUT2D eigenvalue weighted by atomic mass is 9.85. The second-order valence-electron chi connectivity index (χ2n) is 5.23. The molecule has 1 aromatic carbocycles. The Morgan fingerprint density at radius 2 is 2.00 bits per heavy atom. The molecule has 0 fully saturated rings. The summed E-state index contributed by atoms with van der Waals surface area (Å²) < 4.78 is 5.30. The van der Waals surface area contributed by atoms with Crippen LogP contribution in [0.2, 0.25) is 0 Å². The van der Waals surface area contributed by atoms with Crippen LogP contribution in [0, 0.1) is 0 Å². The molecular formula is C14H22O2S. The van der Waals surface area contributed by atoms with E-state index >= 15 is 0 Å². The van der Waals surface area contributed by atoms with Crippen LogP contribution in [0.5, 0.6) is 5.75 Å². The molecule has 1 unspecified atom stereocenters. The van der Waals surface area contributed by atoms with Crippen molar-refractivity contribution in [2.45, 2.75) is 38.7 Å². The molecule has 0 spiro atoms. The van der Waals surface area contributed by atoms with Gasteiger partial charge in [0.2, 0.25) is 0 Å². The monoisotopic (exact) mass is 254 g/mol. The van der Waals surface area contributed by atoms with Gasteiger partial charge in [0.25, 0.3) is 0 Å². The van der Waals surface area contributed by atoms with Gasteiger partial charge in [0.1, 0.15) is 5.75 Å². The van der Waals surface area contributed by atoms with Crippen molar-refractivity contribution in [3.05, 3.63) is 29.3 Å². The molecule has 0 aliphatic rings. The van der Waals surface area contributed by atoms with Crippen LogP contribution in [-0.4, -0.2) is 18.0 Å². The molecule has 0 aliphatic heterocycles. The van der Waals surface area contributed by atoms with Gasteiger partial charge in [0.15, 0.2) is 0 Å². The summed E-state index contributed by atoms with van der Waals surface area (Å²) in [5.41, 5.74) is 2.13. The van der Waals surface area contributed by atoms with E-state index in [-0.39, 0.29) is 5.41 Å². The van der Waals surface area contributed by atoms with Crippen molar-refractivity contribution < 1.29 is 9.84 Å². The van der Waals surface area contributed by atoms with Crippen molar-refractivity contribution in [2.75, 3.05) is 12.9 Å². The maximum Gasteiger partial charge on any atom is 0.124 e. The van der Waals surface area contributed by atoms with Gasteiger partial charge in [-0.05, 0) is 35.3 Å². The summed E-state index contributed by atoms with van der Waals surface area (Å²) in [6, 6.07) is 6.01. The number of methoxy groups -OCH3 is 1. The molecule has 0 bridgehead atoms. The minimum Gasteiger partial charge on any atom is -0.496 e. The second kappa shape index (κ2) is 5.78. The van der Waals surface area contributed by atoms with Crippen LogP contribution in [0.3, 0.4) is 0 Å². The lowest BCUT2D eigenvalue weighted by molar-refractivity contribution is 0.170. The predicted molar refractivity (Wildman–Crippen MR) is 75.1 cm³/mol. The van der Waals surface area contributed by atoms with Gasteiger partial charge in [-0.25, -0.2) is 0 Å². The molecule has 0 amide bonds. The lowest BCUT2D eigenvalue weighted by Gasteiger charge is -2.22. The highest BCUT2D eigenvalue weighted by Gasteiger charge is 2.19. The molecule has 0 aromatic heterocycles. The van der Waals surface area contributed by atoms with E-state index in [0.29, 0.717) is 12.2 Å². The van der Waals surface area contributed by atoms with Crippen LogP contribution in [0.15, 0.2) is 18.2 Å².